The second-order valence-electron chi connectivity index (χ2n) is 4.46. The van der Waals surface area contributed by atoms with Gasteiger partial charge in [-0.25, -0.2) is 4.79 Å². The van der Waals surface area contributed by atoms with Gasteiger partial charge < -0.3 is 19.5 Å². The molecule has 0 aromatic heterocycles. The molecule has 0 amide bonds. The Bertz CT molecular complexity index is 424. The van der Waals surface area contributed by atoms with Crippen LogP contribution in [-0.4, -0.2) is 38.4 Å². The molecule has 1 heterocycles. The zero-order valence-electron chi connectivity index (χ0n) is 11.3. The van der Waals surface area contributed by atoms with Gasteiger partial charge in [0.25, 0.3) is 0 Å². The Balaban J connectivity index is 2.13. The van der Waals surface area contributed by atoms with E-state index in [1.807, 2.05) is 24.3 Å². The molecule has 19 heavy (non-hydrogen) atoms. The number of rotatable bonds is 5. The molecule has 1 aromatic rings. The first-order chi connectivity index (χ1) is 9.20. The molecule has 0 radical (unpaired) electrons. The third-order valence-electron chi connectivity index (χ3n) is 3.16. The molecular weight excluding hydrogens is 246 g/mol. The number of anilines is 1. The van der Waals surface area contributed by atoms with Crippen LogP contribution in [0.5, 0.6) is 5.75 Å². The number of esters is 1. The Labute approximate surface area is 112 Å². The standard InChI is InChI=1S/C14H19NO4/c1-3-19-13(16)14(8-9-18-10-14)15-11-4-6-12(17-2)7-5-11/h4-7,15H,3,8-10H2,1-2H3. The molecule has 5 nitrogen and oxygen atoms in total. The van der Waals surface area contributed by atoms with Gasteiger partial charge in [0.1, 0.15) is 5.75 Å². The largest absolute Gasteiger partial charge is 0.497 e. The van der Waals surface area contributed by atoms with Gasteiger partial charge in [-0.05, 0) is 31.2 Å². The van der Waals surface area contributed by atoms with E-state index in [4.69, 9.17) is 14.2 Å². The van der Waals surface area contributed by atoms with Crippen LogP contribution in [0.2, 0.25) is 0 Å². The smallest absolute Gasteiger partial charge is 0.334 e. The van der Waals surface area contributed by atoms with Crippen molar-refractivity contribution in [2.45, 2.75) is 18.9 Å². The van der Waals surface area contributed by atoms with Crippen LogP contribution in [0.25, 0.3) is 0 Å². The van der Waals surface area contributed by atoms with E-state index in [1.54, 1.807) is 14.0 Å². The number of hydrogen-bond acceptors (Lipinski definition) is 5. The quantitative estimate of drug-likeness (QED) is 0.823. The summed E-state index contributed by atoms with van der Waals surface area (Å²) in [5.41, 5.74) is 0.0734. The molecule has 0 aliphatic carbocycles. The Hall–Kier alpha value is -1.75. The molecule has 0 bridgehead atoms. The molecule has 1 fully saturated rings. The monoisotopic (exact) mass is 265 g/mol. The first kappa shape index (κ1) is 13.7. The number of hydrogen-bond donors (Lipinski definition) is 1. The van der Waals surface area contributed by atoms with Gasteiger partial charge in [-0.15, -0.1) is 0 Å². The second kappa shape index (κ2) is 5.93. The maximum Gasteiger partial charge on any atom is 0.334 e. The van der Waals surface area contributed by atoms with E-state index in [0.717, 1.165) is 11.4 Å². The minimum Gasteiger partial charge on any atom is -0.497 e. The van der Waals surface area contributed by atoms with Crippen LogP contribution in [-0.2, 0) is 14.3 Å². The number of benzene rings is 1. The minimum absolute atomic E-state index is 0.261. The van der Waals surface area contributed by atoms with Gasteiger partial charge in [-0.2, -0.15) is 0 Å². The molecule has 1 saturated heterocycles. The number of nitrogens with one attached hydrogen (secondary N) is 1. The van der Waals surface area contributed by atoms with Crippen LogP contribution in [0.4, 0.5) is 5.69 Å². The number of carbonyl (C=O) groups is 1. The zero-order chi connectivity index (χ0) is 13.7. The molecule has 5 heteroatoms. The summed E-state index contributed by atoms with van der Waals surface area (Å²) in [7, 11) is 1.62. The molecule has 1 aliphatic heterocycles. The maximum absolute atomic E-state index is 12.1. The van der Waals surface area contributed by atoms with E-state index < -0.39 is 5.54 Å². The predicted octanol–water partition coefficient (Wildman–Crippen LogP) is 1.83. The Morgan fingerprint density at radius 1 is 1.42 bits per heavy atom. The second-order valence-corrected chi connectivity index (χ2v) is 4.46. The van der Waals surface area contributed by atoms with Crippen LogP contribution in [0.1, 0.15) is 13.3 Å². The highest BCUT2D eigenvalue weighted by Crippen LogP contribution is 2.27. The Morgan fingerprint density at radius 2 is 2.16 bits per heavy atom. The van der Waals surface area contributed by atoms with Crippen molar-refractivity contribution in [1.29, 1.82) is 0 Å². The van der Waals surface area contributed by atoms with Crippen LogP contribution in [0.15, 0.2) is 24.3 Å². The SMILES string of the molecule is CCOC(=O)C1(Nc2ccc(OC)cc2)CCOC1. The van der Waals surface area contributed by atoms with Gasteiger partial charge in [0.05, 0.1) is 20.3 Å². The topological polar surface area (TPSA) is 56.8 Å². The van der Waals surface area contributed by atoms with Crippen molar-refractivity contribution in [3.63, 3.8) is 0 Å². The first-order valence-corrected chi connectivity index (χ1v) is 6.37. The third-order valence-corrected chi connectivity index (χ3v) is 3.16. The summed E-state index contributed by atoms with van der Waals surface area (Å²) in [5.74, 6) is 0.515. The summed E-state index contributed by atoms with van der Waals surface area (Å²) in [6, 6.07) is 7.43. The maximum atomic E-state index is 12.1. The highest BCUT2D eigenvalue weighted by atomic mass is 16.5. The number of methoxy groups -OCH3 is 1. The van der Waals surface area contributed by atoms with Crippen LogP contribution in [0, 0.1) is 0 Å². The lowest BCUT2D eigenvalue weighted by Crippen LogP contribution is -2.48. The van der Waals surface area contributed by atoms with Crippen LogP contribution in [0.3, 0.4) is 0 Å². The molecule has 104 valence electrons. The van der Waals surface area contributed by atoms with Gasteiger partial charge in [0.15, 0.2) is 5.54 Å². The van der Waals surface area contributed by atoms with E-state index in [2.05, 4.69) is 5.32 Å². The fourth-order valence-electron chi connectivity index (χ4n) is 2.10. The Kier molecular flexibility index (Phi) is 4.27. The van der Waals surface area contributed by atoms with Crippen molar-refractivity contribution >= 4 is 11.7 Å². The molecule has 1 aromatic carbocycles. The summed E-state index contributed by atoms with van der Waals surface area (Å²) >= 11 is 0. The van der Waals surface area contributed by atoms with Crippen LogP contribution >= 0.6 is 0 Å². The molecule has 1 unspecified atom stereocenters. The summed E-state index contributed by atoms with van der Waals surface area (Å²) in [6.07, 6.45) is 0.609. The highest BCUT2D eigenvalue weighted by Gasteiger charge is 2.43. The van der Waals surface area contributed by atoms with Gasteiger partial charge >= 0.3 is 5.97 Å². The third kappa shape index (κ3) is 2.98. The number of ether oxygens (including phenoxy) is 3. The van der Waals surface area contributed by atoms with Gasteiger partial charge in [-0.3, -0.25) is 0 Å². The lowest BCUT2D eigenvalue weighted by atomic mass is 9.98. The van der Waals surface area contributed by atoms with Crippen molar-refractivity contribution in [3.05, 3.63) is 24.3 Å². The van der Waals surface area contributed by atoms with Crippen molar-refractivity contribution in [3.8, 4) is 5.75 Å². The molecule has 2 rings (SSSR count). The van der Waals surface area contributed by atoms with E-state index in [0.29, 0.717) is 26.2 Å². The highest BCUT2D eigenvalue weighted by molar-refractivity contribution is 5.85. The van der Waals surface area contributed by atoms with Crippen LogP contribution < -0.4 is 10.1 Å². The molecular formula is C14H19NO4. The number of carbonyl (C=O) groups excluding carboxylic acids is 1. The van der Waals surface area contributed by atoms with E-state index in [1.165, 1.54) is 0 Å². The van der Waals surface area contributed by atoms with E-state index >= 15 is 0 Å². The fourth-order valence-corrected chi connectivity index (χ4v) is 2.10. The molecule has 1 aliphatic rings. The lowest BCUT2D eigenvalue weighted by molar-refractivity contribution is -0.148. The minimum atomic E-state index is -0.773. The van der Waals surface area contributed by atoms with Crippen molar-refractivity contribution in [2.24, 2.45) is 0 Å². The summed E-state index contributed by atoms with van der Waals surface area (Å²) in [6.45, 7) is 3.06. The van der Waals surface area contributed by atoms with Gasteiger partial charge in [-0.1, -0.05) is 0 Å². The fraction of sp³-hybridized carbons (Fsp3) is 0.500. The van der Waals surface area contributed by atoms with Gasteiger partial charge in [0, 0.05) is 18.7 Å². The normalized spacial score (nSPS) is 22.0. The van der Waals surface area contributed by atoms with E-state index in [-0.39, 0.29) is 5.97 Å². The predicted molar refractivity (Wildman–Crippen MR) is 71.4 cm³/mol. The summed E-state index contributed by atoms with van der Waals surface area (Å²) in [4.78, 5) is 12.1. The zero-order valence-corrected chi connectivity index (χ0v) is 11.3. The molecule has 0 saturated carbocycles. The average Bonchev–Trinajstić information content (AvgIpc) is 2.90. The van der Waals surface area contributed by atoms with Crippen molar-refractivity contribution in [1.82, 2.24) is 0 Å². The van der Waals surface area contributed by atoms with Gasteiger partial charge in [0.2, 0.25) is 0 Å². The van der Waals surface area contributed by atoms with Crippen molar-refractivity contribution in [2.75, 3.05) is 32.2 Å². The Morgan fingerprint density at radius 3 is 2.68 bits per heavy atom. The van der Waals surface area contributed by atoms with E-state index in [9.17, 15) is 4.79 Å². The summed E-state index contributed by atoms with van der Waals surface area (Å²) < 4.78 is 15.6. The first-order valence-electron chi connectivity index (χ1n) is 6.37. The average molecular weight is 265 g/mol. The van der Waals surface area contributed by atoms with Crippen molar-refractivity contribution < 1.29 is 19.0 Å². The summed E-state index contributed by atoms with van der Waals surface area (Å²) in [5, 5.41) is 3.24. The molecule has 1 N–H and O–H groups in total. The molecule has 0 spiro atoms. The lowest BCUT2D eigenvalue weighted by Gasteiger charge is -2.27. The molecule has 1 atom stereocenters.